The van der Waals surface area contributed by atoms with Crippen molar-refractivity contribution in [2.24, 2.45) is 0 Å². The fraction of sp³-hybridized carbons (Fsp3) is 0.400. The summed E-state index contributed by atoms with van der Waals surface area (Å²) >= 11 is 0. The van der Waals surface area contributed by atoms with Gasteiger partial charge < -0.3 is 15.2 Å². The Morgan fingerprint density at radius 2 is 1.93 bits per heavy atom. The van der Waals surface area contributed by atoms with E-state index in [-0.39, 0.29) is 35.9 Å². The van der Waals surface area contributed by atoms with Crippen LogP contribution in [0.1, 0.15) is 28.9 Å². The molecule has 1 aromatic carbocycles. The summed E-state index contributed by atoms with van der Waals surface area (Å²) in [5.41, 5.74) is 2.62. The Bertz CT molecular complexity index is 927. The number of rotatable bonds is 4. The number of carbonyl (C=O) groups is 2. The van der Waals surface area contributed by atoms with E-state index in [0.29, 0.717) is 24.4 Å². The van der Waals surface area contributed by atoms with Crippen molar-refractivity contribution in [2.45, 2.75) is 44.7 Å². The molecule has 1 aliphatic carbocycles. The smallest absolute Gasteiger partial charge is 0.254 e. The average molecular weight is 366 g/mol. The molecule has 0 bridgehead atoms. The number of likely N-dealkylation sites (tertiary alicyclic amines) is 1. The highest BCUT2D eigenvalue weighted by Gasteiger charge is 2.37. The number of fused-ring (bicyclic) bond motifs is 1. The lowest BCUT2D eigenvalue weighted by Crippen LogP contribution is -2.41. The quantitative estimate of drug-likeness (QED) is 0.824. The molecular formula is C20H22N4O3. The van der Waals surface area contributed by atoms with Gasteiger partial charge in [-0.1, -0.05) is 24.3 Å². The van der Waals surface area contributed by atoms with Crippen LogP contribution >= 0.6 is 0 Å². The van der Waals surface area contributed by atoms with Gasteiger partial charge in [0.1, 0.15) is 5.82 Å². The molecule has 2 aromatic rings. The maximum Gasteiger partial charge on any atom is 0.254 e. The van der Waals surface area contributed by atoms with E-state index >= 15 is 0 Å². The zero-order chi connectivity index (χ0) is 19.0. The molecule has 0 spiro atoms. The number of amides is 2. The van der Waals surface area contributed by atoms with Gasteiger partial charge in [-0.2, -0.15) is 0 Å². The van der Waals surface area contributed by atoms with Crippen LogP contribution in [0.2, 0.25) is 0 Å². The van der Waals surface area contributed by atoms with Crippen molar-refractivity contribution in [1.29, 1.82) is 0 Å². The zero-order valence-electron chi connectivity index (χ0n) is 15.2. The third-order valence-corrected chi connectivity index (χ3v) is 5.34. The first-order valence-electron chi connectivity index (χ1n) is 9.20. The fourth-order valence-electron chi connectivity index (χ4n) is 4.03. The Kier molecular flexibility index (Phi) is 4.51. The monoisotopic (exact) mass is 366 g/mol. The summed E-state index contributed by atoms with van der Waals surface area (Å²) in [5, 5.41) is 2.89. The van der Waals surface area contributed by atoms with Gasteiger partial charge in [0.05, 0.1) is 12.5 Å². The van der Waals surface area contributed by atoms with Crippen LogP contribution in [0, 0.1) is 6.92 Å². The van der Waals surface area contributed by atoms with Crippen LogP contribution in [0.3, 0.4) is 0 Å². The predicted molar refractivity (Wildman–Crippen MR) is 99.2 cm³/mol. The van der Waals surface area contributed by atoms with E-state index in [1.165, 1.54) is 17.3 Å². The van der Waals surface area contributed by atoms with E-state index < -0.39 is 0 Å². The number of nitrogens with one attached hydrogen (secondary N) is 2. The van der Waals surface area contributed by atoms with Crippen molar-refractivity contribution in [2.75, 3.05) is 6.54 Å². The summed E-state index contributed by atoms with van der Waals surface area (Å²) in [4.78, 5) is 45.1. The third kappa shape index (κ3) is 3.63. The highest BCUT2D eigenvalue weighted by molar-refractivity contribution is 5.83. The zero-order valence-corrected chi connectivity index (χ0v) is 15.2. The molecule has 1 aliphatic heterocycles. The fourth-order valence-corrected chi connectivity index (χ4v) is 4.03. The number of hydrogen-bond acceptors (Lipinski definition) is 4. The molecule has 0 unspecified atom stereocenters. The first-order chi connectivity index (χ1) is 13.0. The van der Waals surface area contributed by atoms with Gasteiger partial charge in [-0.05, 0) is 30.9 Å². The number of carbonyl (C=O) groups excluding carboxylic acids is 2. The molecule has 0 radical (unpaired) electrons. The molecule has 2 heterocycles. The second-order valence-electron chi connectivity index (χ2n) is 7.35. The number of hydrogen-bond donors (Lipinski definition) is 2. The van der Waals surface area contributed by atoms with Crippen molar-refractivity contribution in [3.05, 3.63) is 63.3 Å². The maximum absolute atomic E-state index is 12.5. The molecule has 1 fully saturated rings. The van der Waals surface area contributed by atoms with Crippen LogP contribution in [0.25, 0.3) is 0 Å². The first kappa shape index (κ1) is 17.5. The molecule has 4 rings (SSSR count). The van der Waals surface area contributed by atoms with Crippen LogP contribution in [-0.2, 0) is 28.9 Å². The Balaban J connectivity index is 1.35. The van der Waals surface area contributed by atoms with E-state index in [1.807, 2.05) is 17.0 Å². The lowest BCUT2D eigenvalue weighted by molar-refractivity contribution is -0.129. The summed E-state index contributed by atoms with van der Waals surface area (Å²) < 4.78 is 0. The van der Waals surface area contributed by atoms with Gasteiger partial charge in [0.2, 0.25) is 11.8 Å². The lowest BCUT2D eigenvalue weighted by Gasteiger charge is -2.24. The molecule has 1 saturated heterocycles. The highest BCUT2D eigenvalue weighted by Crippen LogP contribution is 2.28. The second kappa shape index (κ2) is 6.98. The number of aryl methyl sites for hydroxylation is 1. The number of benzene rings is 1. The molecule has 27 heavy (non-hydrogen) atoms. The van der Waals surface area contributed by atoms with E-state index in [1.54, 1.807) is 6.92 Å². The minimum absolute atomic E-state index is 0.0395. The molecule has 2 aliphatic rings. The number of H-pyrrole nitrogens is 1. The lowest BCUT2D eigenvalue weighted by atomic mass is 10.1. The van der Waals surface area contributed by atoms with Crippen LogP contribution < -0.4 is 10.9 Å². The summed E-state index contributed by atoms with van der Waals surface area (Å²) in [6, 6.07) is 8.23. The molecule has 0 saturated carbocycles. The van der Waals surface area contributed by atoms with Gasteiger partial charge in [0, 0.05) is 30.8 Å². The molecule has 2 amide bonds. The third-order valence-electron chi connectivity index (χ3n) is 5.34. The number of aromatic nitrogens is 2. The van der Waals surface area contributed by atoms with Crippen LogP contribution in [0.15, 0.2) is 35.3 Å². The van der Waals surface area contributed by atoms with Gasteiger partial charge in [-0.25, -0.2) is 4.98 Å². The van der Waals surface area contributed by atoms with Crippen molar-refractivity contribution in [3.8, 4) is 0 Å². The first-order valence-corrected chi connectivity index (χ1v) is 9.20. The van der Waals surface area contributed by atoms with E-state index in [2.05, 4.69) is 27.4 Å². The Morgan fingerprint density at radius 3 is 2.59 bits per heavy atom. The minimum Gasteiger partial charge on any atom is -0.351 e. The Morgan fingerprint density at radius 1 is 1.22 bits per heavy atom. The topological polar surface area (TPSA) is 95.2 Å². The predicted octanol–water partition coefficient (Wildman–Crippen LogP) is 0.505. The average Bonchev–Trinajstić information content (AvgIpc) is 3.20. The number of aromatic amines is 1. The highest BCUT2D eigenvalue weighted by atomic mass is 16.2. The Labute approximate surface area is 156 Å². The normalized spacial score (nSPS) is 19.4. The van der Waals surface area contributed by atoms with Gasteiger partial charge in [0.15, 0.2) is 0 Å². The van der Waals surface area contributed by atoms with Crippen molar-refractivity contribution in [3.63, 3.8) is 0 Å². The summed E-state index contributed by atoms with van der Waals surface area (Å²) in [6.45, 7) is 2.21. The van der Waals surface area contributed by atoms with E-state index in [9.17, 15) is 14.4 Å². The standard InChI is InChI=1S/C20H22N4O3/c1-12-21-10-15(20(27)22-12)8-18(25)23-16-9-19(26)24(11-16)17-6-13-4-2-3-5-14(13)7-17/h2-5,10,16-17H,6-9,11H2,1H3,(H,23,25)(H,21,22,27)/t16-/m0/s1. The van der Waals surface area contributed by atoms with Crippen LogP contribution in [0.5, 0.6) is 0 Å². The molecule has 1 atom stereocenters. The van der Waals surface area contributed by atoms with E-state index in [0.717, 1.165) is 12.8 Å². The molecular weight excluding hydrogens is 344 g/mol. The molecule has 7 nitrogen and oxygen atoms in total. The van der Waals surface area contributed by atoms with Crippen molar-refractivity contribution >= 4 is 11.8 Å². The summed E-state index contributed by atoms with van der Waals surface area (Å²) in [5.74, 6) is 0.326. The minimum atomic E-state index is -0.300. The Hall–Kier alpha value is -2.96. The SMILES string of the molecule is Cc1ncc(CC(=O)N[C@H]2CC(=O)N(C3Cc4ccccc4C3)C2)c(=O)[nH]1. The van der Waals surface area contributed by atoms with Crippen molar-refractivity contribution < 1.29 is 9.59 Å². The van der Waals surface area contributed by atoms with Crippen LogP contribution in [-0.4, -0.2) is 45.3 Å². The largest absolute Gasteiger partial charge is 0.351 e. The van der Waals surface area contributed by atoms with E-state index in [4.69, 9.17) is 0 Å². The summed E-state index contributed by atoms with van der Waals surface area (Å²) in [6.07, 6.45) is 3.43. The second-order valence-corrected chi connectivity index (χ2v) is 7.35. The number of nitrogens with zero attached hydrogens (tertiary/aromatic N) is 2. The van der Waals surface area contributed by atoms with Gasteiger partial charge in [0.25, 0.3) is 5.56 Å². The molecule has 1 aromatic heterocycles. The molecule has 7 heteroatoms. The summed E-state index contributed by atoms with van der Waals surface area (Å²) in [7, 11) is 0. The maximum atomic E-state index is 12.5. The molecule has 2 N–H and O–H groups in total. The van der Waals surface area contributed by atoms with Crippen molar-refractivity contribution in [1.82, 2.24) is 20.2 Å². The molecule has 140 valence electrons. The van der Waals surface area contributed by atoms with Gasteiger partial charge in [-0.3, -0.25) is 14.4 Å². The van der Waals surface area contributed by atoms with Gasteiger partial charge >= 0.3 is 0 Å². The van der Waals surface area contributed by atoms with Gasteiger partial charge in [-0.15, -0.1) is 0 Å². The van der Waals surface area contributed by atoms with Crippen LogP contribution in [0.4, 0.5) is 0 Å².